The Labute approximate surface area is 72.4 Å². The minimum atomic E-state index is -0.165. The van der Waals surface area contributed by atoms with Crippen LogP contribution in [-0.4, -0.2) is 0 Å². The Morgan fingerprint density at radius 3 is 2.42 bits per heavy atom. The van der Waals surface area contributed by atoms with E-state index in [0.717, 1.165) is 11.1 Å². The highest BCUT2D eigenvalue weighted by Gasteiger charge is 2.08. The zero-order valence-electron chi connectivity index (χ0n) is 7.69. The molecule has 0 bridgehead atoms. The van der Waals surface area contributed by atoms with E-state index < -0.39 is 0 Å². The minimum Gasteiger partial charge on any atom is -0.324 e. The molecular weight excluding hydrogens is 153 g/mol. The Kier molecular flexibility index (Phi) is 2.48. The average molecular weight is 167 g/mol. The monoisotopic (exact) mass is 167 g/mol. The van der Waals surface area contributed by atoms with Crippen molar-refractivity contribution in [1.82, 2.24) is 0 Å². The number of benzene rings is 1. The van der Waals surface area contributed by atoms with Crippen LogP contribution in [0, 0.1) is 19.7 Å². The van der Waals surface area contributed by atoms with Crippen LogP contribution in [0.4, 0.5) is 4.39 Å². The molecule has 0 amide bonds. The molecule has 1 aromatic rings. The number of rotatable bonds is 1. The van der Waals surface area contributed by atoms with Gasteiger partial charge in [0.2, 0.25) is 0 Å². The number of aryl methyl sites for hydroxylation is 1. The van der Waals surface area contributed by atoms with Gasteiger partial charge in [0.1, 0.15) is 5.82 Å². The molecule has 0 aliphatic rings. The summed E-state index contributed by atoms with van der Waals surface area (Å²) in [5, 5.41) is 0. The van der Waals surface area contributed by atoms with Crippen molar-refractivity contribution >= 4 is 0 Å². The first-order chi connectivity index (χ1) is 5.52. The molecule has 1 rings (SSSR count). The van der Waals surface area contributed by atoms with Gasteiger partial charge >= 0.3 is 0 Å². The molecule has 1 unspecified atom stereocenters. The van der Waals surface area contributed by atoms with Crippen molar-refractivity contribution in [3.8, 4) is 0 Å². The molecule has 0 aromatic heterocycles. The lowest BCUT2D eigenvalue weighted by Gasteiger charge is -2.11. The summed E-state index contributed by atoms with van der Waals surface area (Å²) in [5.41, 5.74) is 8.17. The van der Waals surface area contributed by atoms with Gasteiger partial charge < -0.3 is 5.73 Å². The highest BCUT2D eigenvalue weighted by molar-refractivity contribution is 5.33. The highest BCUT2D eigenvalue weighted by Crippen LogP contribution is 2.19. The van der Waals surface area contributed by atoms with Crippen molar-refractivity contribution in [2.45, 2.75) is 26.8 Å². The van der Waals surface area contributed by atoms with Crippen LogP contribution in [-0.2, 0) is 0 Å². The summed E-state index contributed by atoms with van der Waals surface area (Å²) < 4.78 is 13.1. The maximum atomic E-state index is 13.1. The summed E-state index contributed by atoms with van der Waals surface area (Å²) in [6.45, 7) is 5.49. The molecule has 12 heavy (non-hydrogen) atoms. The lowest BCUT2D eigenvalue weighted by Crippen LogP contribution is -2.08. The van der Waals surface area contributed by atoms with Gasteiger partial charge in [0.15, 0.2) is 0 Å². The largest absolute Gasteiger partial charge is 0.324 e. The zero-order chi connectivity index (χ0) is 9.30. The molecule has 0 aliphatic carbocycles. The van der Waals surface area contributed by atoms with Crippen LogP contribution in [0.2, 0.25) is 0 Å². The van der Waals surface area contributed by atoms with E-state index in [-0.39, 0.29) is 11.9 Å². The Morgan fingerprint density at radius 1 is 1.33 bits per heavy atom. The lowest BCUT2D eigenvalue weighted by atomic mass is 10.00. The maximum absolute atomic E-state index is 13.1. The van der Waals surface area contributed by atoms with Crippen molar-refractivity contribution in [1.29, 1.82) is 0 Å². The third kappa shape index (κ3) is 1.64. The Morgan fingerprint density at radius 2 is 1.92 bits per heavy atom. The summed E-state index contributed by atoms with van der Waals surface area (Å²) in [6, 6.07) is 3.36. The normalized spacial score (nSPS) is 13.1. The van der Waals surface area contributed by atoms with Crippen LogP contribution in [0.5, 0.6) is 0 Å². The highest BCUT2D eigenvalue weighted by atomic mass is 19.1. The first kappa shape index (κ1) is 9.20. The zero-order valence-corrected chi connectivity index (χ0v) is 7.69. The molecule has 0 fully saturated rings. The number of halogens is 1. The molecule has 0 spiro atoms. The van der Waals surface area contributed by atoms with Crippen LogP contribution in [0.3, 0.4) is 0 Å². The predicted molar refractivity (Wildman–Crippen MR) is 48.5 cm³/mol. The Hall–Kier alpha value is -0.890. The van der Waals surface area contributed by atoms with Crippen LogP contribution in [0.1, 0.15) is 29.7 Å². The van der Waals surface area contributed by atoms with Gasteiger partial charge in [-0.25, -0.2) is 4.39 Å². The topological polar surface area (TPSA) is 26.0 Å². The molecule has 0 saturated heterocycles. The summed E-state index contributed by atoms with van der Waals surface area (Å²) in [4.78, 5) is 0. The third-order valence-electron chi connectivity index (χ3n) is 2.02. The Balaban J connectivity index is 3.28. The SMILES string of the molecule is Cc1cc(F)c(C)c(C(C)N)c1. The van der Waals surface area contributed by atoms with Gasteiger partial charge in [0.25, 0.3) is 0 Å². The van der Waals surface area contributed by atoms with Gasteiger partial charge in [0, 0.05) is 6.04 Å². The molecule has 0 radical (unpaired) electrons. The van der Waals surface area contributed by atoms with Crippen molar-refractivity contribution in [2.75, 3.05) is 0 Å². The van der Waals surface area contributed by atoms with Crippen LogP contribution >= 0.6 is 0 Å². The van der Waals surface area contributed by atoms with E-state index in [4.69, 9.17) is 5.73 Å². The van der Waals surface area contributed by atoms with Crippen molar-refractivity contribution in [3.05, 3.63) is 34.6 Å². The van der Waals surface area contributed by atoms with Crippen molar-refractivity contribution in [2.24, 2.45) is 5.73 Å². The number of hydrogen-bond acceptors (Lipinski definition) is 1. The van der Waals surface area contributed by atoms with Gasteiger partial charge in [-0.1, -0.05) is 6.07 Å². The van der Waals surface area contributed by atoms with Crippen LogP contribution in [0.25, 0.3) is 0 Å². The second-order valence-corrected chi connectivity index (χ2v) is 3.25. The molecule has 2 heteroatoms. The second kappa shape index (κ2) is 3.23. The summed E-state index contributed by atoms with van der Waals surface area (Å²) in [7, 11) is 0. The van der Waals surface area contributed by atoms with Gasteiger partial charge in [-0.05, 0) is 43.5 Å². The third-order valence-corrected chi connectivity index (χ3v) is 2.02. The minimum absolute atomic E-state index is 0.0978. The molecule has 66 valence electrons. The standard InChI is InChI=1S/C10H14FN/c1-6-4-9(8(3)12)7(2)10(11)5-6/h4-5,8H,12H2,1-3H3. The van der Waals surface area contributed by atoms with Crippen molar-refractivity contribution in [3.63, 3.8) is 0 Å². The first-order valence-electron chi connectivity index (χ1n) is 4.04. The molecule has 0 saturated carbocycles. The fraction of sp³-hybridized carbons (Fsp3) is 0.400. The van der Waals surface area contributed by atoms with E-state index in [9.17, 15) is 4.39 Å². The summed E-state index contributed by atoms with van der Waals surface area (Å²) in [6.07, 6.45) is 0. The fourth-order valence-electron chi connectivity index (χ4n) is 1.31. The molecule has 2 N–H and O–H groups in total. The van der Waals surface area contributed by atoms with Crippen molar-refractivity contribution < 1.29 is 4.39 Å². The molecular formula is C10H14FN. The molecule has 1 aromatic carbocycles. The smallest absolute Gasteiger partial charge is 0.126 e. The van der Waals surface area contributed by atoms with E-state index in [2.05, 4.69) is 0 Å². The first-order valence-corrected chi connectivity index (χ1v) is 4.04. The Bertz CT molecular complexity index is 292. The quantitative estimate of drug-likeness (QED) is 0.683. The van der Waals surface area contributed by atoms with Gasteiger partial charge in [-0.2, -0.15) is 0 Å². The summed E-state index contributed by atoms with van der Waals surface area (Å²) in [5.74, 6) is -0.165. The molecule has 1 nitrogen and oxygen atoms in total. The van der Waals surface area contributed by atoms with Crippen LogP contribution in [0.15, 0.2) is 12.1 Å². The molecule has 0 heterocycles. The maximum Gasteiger partial charge on any atom is 0.126 e. The van der Waals surface area contributed by atoms with Gasteiger partial charge in [-0.3, -0.25) is 0 Å². The van der Waals surface area contributed by atoms with Gasteiger partial charge in [0.05, 0.1) is 0 Å². The number of hydrogen-bond donors (Lipinski definition) is 1. The van der Waals surface area contributed by atoms with Gasteiger partial charge in [-0.15, -0.1) is 0 Å². The lowest BCUT2D eigenvalue weighted by molar-refractivity contribution is 0.610. The van der Waals surface area contributed by atoms with Crippen LogP contribution < -0.4 is 5.73 Å². The second-order valence-electron chi connectivity index (χ2n) is 3.25. The average Bonchev–Trinajstić information content (AvgIpc) is 1.96. The number of nitrogens with two attached hydrogens (primary N) is 1. The van der Waals surface area contributed by atoms with E-state index in [0.29, 0.717) is 5.56 Å². The molecule has 0 aliphatic heterocycles. The van der Waals surface area contributed by atoms with E-state index >= 15 is 0 Å². The van der Waals surface area contributed by atoms with E-state index in [1.807, 2.05) is 19.9 Å². The predicted octanol–water partition coefficient (Wildman–Crippen LogP) is 2.46. The fourth-order valence-corrected chi connectivity index (χ4v) is 1.31. The molecule has 1 atom stereocenters. The summed E-state index contributed by atoms with van der Waals surface area (Å²) >= 11 is 0. The van der Waals surface area contributed by atoms with E-state index in [1.54, 1.807) is 6.92 Å². The van der Waals surface area contributed by atoms with E-state index in [1.165, 1.54) is 6.07 Å².